The van der Waals surface area contributed by atoms with Crippen molar-refractivity contribution in [1.82, 2.24) is 15.2 Å². The summed E-state index contributed by atoms with van der Waals surface area (Å²) in [6.07, 6.45) is 0.487. The topological polar surface area (TPSA) is 122 Å². The number of aromatic nitrogens is 1. The molecule has 1 aromatic heterocycles. The van der Waals surface area contributed by atoms with E-state index in [4.69, 9.17) is 10.5 Å². The molecule has 2 rings (SSSR count). The average Bonchev–Trinajstić information content (AvgIpc) is 2.68. The molecule has 0 spiro atoms. The van der Waals surface area contributed by atoms with E-state index in [1.165, 1.54) is 6.07 Å². The summed E-state index contributed by atoms with van der Waals surface area (Å²) < 4.78 is 51.2. The normalized spacial score (nSPS) is 25.4. The molecule has 3 N–H and O–H groups in total. The van der Waals surface area contributed by atoms with Crippen LogP contribution >= 0.6 is 0 Å². The summed E-state index contributed by atoms with van der Waals surface area (Å²) in [6, 6.07) is 2.28. The van der Waals surface area contributed by atoms with Gasteiger partial charge in [0.2, 0.25) is 5.96 Å². The number of nitrogens with one attached hydrogen (secondary N) is 1. The number of carbonyl (C=O) groups is 1. The first-order chi connectivity index (χ1) is 14.5. The van der Waals surface area contributed by atoms with Crippen molar-refractivity contribution in [3.05, 3.63) is 23.6 Å². The second-order valence-electron chi connectivity index (χ2n) is 8.30. The Morgan fingerprint density at radius 2 is 2.10 bits per heavy atom. The van der Waals surface area contributed by atoms with Crippen LogP contribution in [0.2, 0.25) is 0 Å². The van der Waals surface area contributed by atoms with Gasteiger partial charge in [0.1, 0.15) is 35.1 Å². The largest absolute Gasteiger partial charge is 0.444 e. The van der Waals surface area contributed by atoms with Crippen LogP contribution in [0.25, 0.3) is 0 Å². The maximum absolute atomic E-state index is 14.7. The number of rotatable bonds is 2. The summed E-state index contributed by atoms with van der Waals surface area (Å²) in [5.74, 6) is -1.38. The van der Waals surface area contributed by atoms with E-state index >= 15 is 0 Å². The van der Waals surface area contributed by atoms with Gasteiger partial charge in [0.25, 0.3) is 0 Å². The number of aliphatic imine (C=N–C) groups is 1. The molecule has 0 saturated heterocycles. The lowest BCUT2D eigenvalue weighted by Gasteiger charge is -2.30. The zero-order valence-electron chi connectivity index (χ0n) is 18.2. The van der Waals surface area contributed by atoms with Crippen molar-refractivity contribution in [2.24, 2.45) is 9.36 Å². The van der Waals surface area contributed by atoms with Gasteiger partial charge in [-0.1, -0.05) is 0 Å². The third-order valence-corrected chi connectivity index (χ3v) is 5.69. The smallest absolute Gasteiger partial charge is 0.414 e. The number of nitrogens with zero attached hydrogens (tertiary/aromatic N) is 4. The van der Waals surface area contributed by atoms with Crippen LogP contribution in [0.15, 0.2) is 21.5 Å². The lowest BCUT2D eigenvalue weighted by molar-refractivity contribution is 0.0556. The summed E-state index contributed by atoms with van der Waals surface area (Å²) >= 11 is 0. The number of hydrogen-bond donors (Lipinski definition) is 3. The summed E-state index contributed by atoms with van der Waals surface area (Å²) in [5.41, 5.74) is 2.52. The standard InChI is InChI=1S/C19H30F2N6O3S/c1-18(2,3)30-17(28)25-16-26-19(11-20,15-13(21)7-8-14(22)24-15)12-31(29)23-9-5-6-10-27(16)4/h7-8,31H,5-6,9-12H2,1-4H3,(H2,22,24)(H,25,26,28)/t19-/m0/s1. The highest BCUT2D eigenvalue weighted by Crippen LogP contribution is 2.30. The van der Waals surface area contributed by atoms with Gasteiger partial charge in [0, 0.05) is 30.7 Å². The molecule has 1 aliphatic heterocycles. The number of alkyl halides is 1. The molecule has 0 radical (unpaired) electrons. The maximum Gasteiger partial charge on any atom is 0.414 e. The van der Waals surface area contributed by atoms with Gasteiger partial charge in [0.15, 0.2) is 0 Å². The monoisotopic (exact) mass is 460 g/mol. The first-order valence-corrected chi connectivity index (χ1v) is 11.3. The van der Waals surface area contributed by atoms with Crippen LogP contribution < -0.4 is 11.1 Å². The van der Waals surface area contributed by atoms with Crippen LogP contribution in [0.1, 0.15) is 39.3 Å². The number of carbonyl (C=O) groups excluding carboxylic acids is 1. The number of thiol groups is 1. The van der Waals surface area contributed by atoms with E-state index in [0.717, 1.165) is 6.07 Å². The number of ether oxygens (including phenoxy) is 1. The number of amides is 1. The summed E-state index contributed by atoms with van der Waals surface area (Å²) in [4.78, 5) is 22.3. The van der Waals surface area contributed by atoms with Crippen LogP contribution in [-0.4, -0.2) is 64.3 Å². The molecule has 2 heterocycles. The number of pyridine rings is 1. The van der Waals surface area contributed by atoms with Gasteiger partial charge in [-0.25, -0.2) is 27.9 Å². The predicted octanol–water partition coefficient (Wildman–Crippen LogP) is 2.24. The van der Waals surface area contributed by atoms with E-state index in [0.29, 0.717) is 25.9 Å². The fourth-order valence-electron chi connectivity index (χ4n) is 2.91. The third kappa shape index (κ3) is 7.01. The lowest BCUT2D eigenvalue weighted by atomic mass is 9.98. The summed E-state index contributed by atoms with van der Waals surface area (Å²) in [5, 5.41) is 2.51. The van der Waals surface area contributed by atoms with E-state index in [1.807, 2.05) is 0 Å². The fourth-order valence-corrected chi connectivity index (χ4v) is 4.13. The minimum absolute atomic E-state index is 0.0455. The van der Waals surface area contributed by atoms with Crippen LogP contribution in [0.5, 0.6) is 0 Å². The van der Waals surface area contributed by atoms with Gasteiger partial charge in [0.05, 0.1) is 5.75 Å². The predicted molar refractivity (Wildman–Crippen MR) is 117 cm³/mol. The molecule has 1 aliphatic rings. The molecule has 1 aromatic rings. The first-order valence-electron chi connectivity index (χ1n) is 9.87. The Kier molecular flexibility index (Phi) is 8.15. The quantitative estimate of drug-likeness (QED) is 0.582. The van der Waals surface area contributed by atoms with Crippen molar-refractivity contribution in [3.8, 4) is 0 Å². The molecule has 1 amide bonds. The molecule has 0 bridgehead atoms. The highest BCUT2D eigenvalue weighted by atomic mass is 32.2. The maximum atomic E-state index is 14.7. The highest BCUT2D eigenvalue weighted by molar-refractivity contribution is 7.74. The number of nitrogen functional groups attached to an aromatic ring is 1. The Morgan fingerprint density at radius 1 is 1.39 bits per heavy atom. The Balaban J connectivity index is 2.64. The van der Waals surface area contributed by atoms with Crippen LogP contribution in [-0.2, 0) is 20.9 Å². The van der Waals surface area contributed by atoms with E-state index in [9.17, 15) is 17.8 Å². The molecule has 0 aromatic carbocycles. The van der Waals surface area contributed by atoms with Crippen molar-refractivity contribution in [1.29, 1.82) is 0 Å². The molecule has 2 atom stereocenters. The van der Waals surface area contributed by atoms with Crippen LogP contribution in [0.4, 0.5) is 19.4 Å². The van der Waals surface area contributed by atoms with Gasteiger partial charge in [-0.3, -0.25) is 9.53 Å². The van der Waals surface area contributed by atoms with E-state index in [2.05, 4.69) is 19.7 Å². The molecular weight excluding hydrogens is 430 g/mol. The first kappa shape index (κ1) is 24.8. The molecule has 12 heteroatoms. The Hall–Kier alpha value is -2.50. The number of nitrogens with two attached hydrogens (primary N) is 1. The zero-order chi connectivity index (χ0) is 23.2. The van der Waals surface area contributed by atoms with Crippen molar-refractivity contribution >= 4 is 28.5 Å². The van der Waals surface area contributed by atoms with Crippen molar-refractivity contribution < 1.29 is 22.5 Å². The summed E-state index contributed by atoms with van der Waals surface area (Å²) in [6.45, 7) is 4.60. The molecule has 0 aliphatic carbocycles. The average molecular weight is 461 g/mol. The van der Waals surface area contributed by atoms with Crippen LogP contribution in [0, 0.1) is 5.82 Å². The fraction of sp³-hybridized carbons (Fsp3) is 0.632. The van der Waals surface area contributed by atoms with Crippen LogP contribution in [0.3, 0.4) is 0 Å². The molecule has 0 fully saturated rings. The third-order valence-electron chi connectivity index (χ3n) is 4.38. The number of halogens is 2. The van der Waals surface area contributed by atoms with Gasteiger partial charge >= 0.3 is 6.09 Å². The number of hydrogen-bond acceptors (Lipinski definition) is 8. The van der Waals surface area contributed by atoms with E-state index in [-0.39, 0.29) is 11.8 Å². The van der Waals surface area contributed by atoms with Gasteiger partial charge < -0.3 is 15.4 Å². The molecular formula is C19H30F2N6O3S. The summed E-state index contributed by atoms with van der Waals surface area (Å²) in [7, 11) is -0.623. The lowest BCUT2D eigenvalue weighted by Crippen LogP contribution is -2.47. The second kappa shape index (κ2) is 10.2. The van der Waals surface area contributed by atoms with E-state index < -0.39 is 51.8 Å². The number of guanidine groups is 1. The molecule has 1 unspecified atom stereocenters. The SMILES string of the molecule is CN1CCCC/N=[SH](=O)/C[C@@](CF)(c2nc(N)ccc2F)/N=C\1NC(=O)OC(C)(C)C. The van der Waals surface area contributed by atoms with Gasteiger partial charge in [-0.05, 0) is 45.7 Å². The molecule has 0 saturated carbocycles. The Bertz CT molecular complexity index is 914. The van der Waals surface area contributed by atoms with Gasteiger partial charge in [-0.15, -0.1) is 0 Å². The van der Waals surface area contributed by atoms with E-state index in [1.54, 1.807) is 32.7 Å². The minimum Gasteiger partial charge on any atom is -0.444 e. The molecule has 31 heavy (non-hydrogen) atoms. The Morgan fingerprint density at radius 3 is 2.74 bits per heavy atom. The van der Waals surface area contributed by atoms with Crippen molar-refractivity contribution in [3.63, 3.8) is 0 Å². The zero-order valence-corrected chi connectivity index (χ0v) is 19.1. The van der Waals surface area contributed by atoms with Gasteiger partial charge in [-0.2, -0.15) is 0 Å². The van der Waals surface area contributed by atoms with Crippen molar-refractivity contribution in [2.45, 2.75) is 44.8 Å². The second-order valence-corrected chi connectivity index (χ2v) is 9.60. The molecule has 174 valence electrons. The Labute approximate surface area is 182 Å². The molecule has 9 nitrogen and oxygen atoms in total. The highest BCUT2D eigenvalue weighted by Gasteiger charge is 2.39. The number of anilines is 1. The number of alkyl carbamates (subject to hydrolysis) is 1. The minimum atomic E-state index is -2.27. The van der Waals surface area contributed by atoms with Crippen molar-refractivity contribution in [2.75, 3.05) is 38.3 Å².